The number of carbonyl (C=O) groups excluding carboxylic acids is 1. The highest BCUT2D eigenvalue weighted by Crippen LogP contribution is 2.27. The van der Waals surface area contributed by atoms with Crippen molar-refractivity contribution in [2.75, 3.05) is 5.32 Å². The van der Waals surface area contributed by atoms with Crippen molar-refractivity contribution in [3.8, 4) is 0 Å². The average Bonchev–Trinajstić information content (AvgIpc) is 3.04. The van der Waals surface area contributed by atoms with E-state index >= 15 is 0 Å². The molecule has 3 nitrogen and oxygen atoms in total. The molecule has 1 heterocycles. The number of halogens is 2. The van der Waals surface area contributed by atoms with Crippen LogP contribution in [-0.4, -0.2) is 10.9 Å². The van der Waals surface area contributed by atoms with Crippen LogP contribution in [0.15, 0.2) is 52.7 Å². The molecular formula is C19H16Cl2N2OS2. The van der Waals surface area contributed by atoms with E-state index in [2.05, 4.69) is 10.7 Å². The lowest BCUT2D eigenvalue weighted by molar-refractivity contribution is -0.114. The Morgan fingerprint density at radius 2 is 1.92 bits per heavy atom. The fourth-order valence-corrected chi connectivity index (χ4v) is 4.36. The molecule has 1 amide bonds. The second-order valence-electron chi connectivity index (χ2n) is 5.65. The molecule has 7 heteroatoms. The first-order valence-corrected chi connectivity index (χ1v) is 10.5. The molecule has 0 spiro atoms. The molecule has 1 N–H and O–H groups in total. The van der Waals surface area contributed by atoms with Gasteiger partial charge in [-0.2, -0.15) is 0 Å². The molecule has 3 aromatic rings. The fraction of sp³-hybridized carbons (Fsp3) is 0.158. The first kappa shape index (κ1) is 19.2. The summed E-state index contributed by atoms with van der Waals surface area (Å²) >= 11 is 15.4. The molecule has 0 atom stereocenters. The van der Waals surface area contributed by atoms with E-state index in [1.165, 1.54) is 6.92 Å². The van der Waals surface area contributed by atoms with Crippen LogP contribution < -0.4 is 5.32 Å². The lowest BCUT2D eigenvalue weighted by Crippen LogP contribution is -2.05. The van der Waals surface area contributed by atoms with Crippen LogP contribution in [0.3, 0.4) is 0 Å². The van der Waals surface area contributed by atoms with Crippen molar-refractivity contribution in [1.82, 2.24) is 4.98 Å². The van der Waals surface area contributed by atoms with E-state index in [0.717, 1.165) is 39.0 Å². The van der Waals surface area contributed by atoms with Gasteiger partial charge in [0.05, 0.1) is 20.7 Å². The zero-order chi connectivity index (χ0) is 18.5. The third kappa shape index (κ3) is 5.48. The summed E-state index contributed by atoms with van der Waals surface area (Å²) < 4.78 is 0. The molecule has 0 radical (unpaired) electrons. The van der Waals surface area contributed by atoms with Gasteiger partial charge >= 0.3 is 0 Å². The number of thioether (sulfide) groups is 1. The smallest absolute Gasteiger partial charge is 0.221 e. The molecule has 0 bridgehead atoms. The van der Waals surface area contributed by atoms with E-state index in [0.29, 0.717) is 10.0 Å². The van der Waals surface area contributed by atoms with Gasteiger partial charge in [0.15, 0.2) is 0 Å². The van der Waals surface area contributed by atoms with Gasteiger partial charge in [-0.05, 0) is 42.0 Å². The Bertz CT molecular complexity index is 910. The van der Waals surface area contributed by atoms with Gasteiger partial charge in [-0.3, -0.25) is 4.79 Å². The van der Waals surface area contributed by atoms with E-state index in [9.17, 15) is 4.79 Å². The quantitative estimate of drug-likeness (QED) is 0.474. The van der Waals surface area contributed by atoms with Crippen LogP contribution in [0.4, 0.5) is 5.69 Å². The first-order chi connectivity index (χ1) is 12.5. The van der Waals surface area contributed by atoms with Gasteiger partial charge in [0, 0.05) is 35.1 Å². The van der Waals surface area contributed by atoms with Crippen LogP contribution in [0.1, 0.15) is 23.2 Å². The molecular weight excluding hydrogens is 407 g/mol. The van der Waals surface area contributed by atoms with Gasteiger partial charge in [-0.1, -0.05) is 29.3 Å². The van der Waals surface area contributed by atoms with Crippen molar-refractivity contribution < 1.29 is 4.79 Å². The predicted molar refractivity (Wildman–Crippen MR) is 112 cm³/mol. The number of rotatable bonds is 6. The van der Waals surface area contributed by atoms with Gasteiger partial charge in [0.25, 0.3) is 0 Å². The molecule has 0 fully saturated rings. The van der Waals surface area contributed by atoms with Gasteiger partial charge in [0.1, 0.15) is 0 Å². The van der Waals surface area contributed by atoms with E-state index < -0.39 is 0 Å². The van der Waals surface area contributed by atoms with Crippen LogP contribution in [0.25, 0.3) is 0 Å². The Hall–Kier alpha value is -1.53. The predicted octanol–water partition coefficient (Wildman–Crippen LogP) is 6.29. The molecule has 1 aromatic heterocycles. The van der Waals surface area contributed by atoms with Crippen molar-refractivity contribution in [2.24, 2.45) is 0 Å². The maximum Gasteiger partial charge on any atom is 0.221 e. The third-order valence-electron chi connectivity index (χ3n) is 3.50. The van der Waals surface area contributed by atoms with Gasteiger partial charge in [0.2, 0.25) is 5.91 Å². The molecule has 0 aliphatic carbocycles. The zero-order valence-electron chi connectivity index (χ0n) is 14.0. The SMILES string of the molecule is CC(=O)Nc1ccc(SCc2csc(Cc3ccc(Cl)c(Cl)c3)n2)cc1. The Morgan fingerprint density at radius 3 is 2.62 bits per heavy atom. The summed E-state index contributed by atoms with van der Waals surface area (Å²) in [6.45, 7) is 1.50. The van der Waals surface area contributed by atoms with Crippen molar-refractivity contribution in [3.63, 3.8) is 0 Å². The van der Waals surface area contributed by atoms with Crippen molar-refractivity contribution in [1.29, 1.82) is 0 Å². The summed E-state index contributed by atoms with van der Waals surface area (Å²) in [7, 11) is 0. The Balaban J connectivity index is 1.56. The zero-order valence-corrected chi connectivity index (χ0v) is 17.1. The number of hydrogen-bond acceptors (Lipinski definition) is 4. The highest BCUT2D eigenvalue weighted by Gasteiger charge is 2.06. The maximum atomic E-state index is 11.0. The highest BCUT2D eigenvalue weighted by molar-refractivity contribution is 7.98. The number of benzene rings is 2. The third-order valence-corrected chi connectivity index (χ3v) is 6.18. The minimum absolute atomic E-state index is 0.0672. The lowest BCUT2D eigenvalue weighted by atomic mass is 10.2. The number of carbonyl (C=O) groups is 1. The number of anilines is 1. The number of hydrogen-bond donors (Lipinski definition) is 1. The summed E-state index contributed by atoms with van der Waals surface area (Å²) in [6.07, 6.45) is 0.748. The summed E-state index contributed by atoms with van der Waals surface area (Å²) in [5, 5.41) is 7.04. The topological polar surface area (TPSA) is 42.0 Å². The molecule has 134 valence electrons. The second-order valence-corrected chi connectivity index (χ2v) is 8.46. The average molecular weight is 423 g/mol. The number of thiazole rings is 1. The Kier molecular flexibility index (Phi) is 6.59. The summed E-state index contributed by atoms with van der Waals surface area (Å²) in [6, 6.07) is 13.5. The number of nitrogens with zero attached hydrogens (tertiary/aromatic N) is 1. The Labute approximate surface area is 170 Å². The number of nitrogens with one attached hydrogen (secondary N) is 1. The number of amides is 1. The lowest BCUT2D eigenvalue weighted by Gasteiger charge is -2.04. The number of aromatic nitrogens is 1. The Morgan fingerprint density at radius 1 is 1.15 bits per heavy atom. The van der Waals surface area contributed by atoms with Gasteiger partial charge < -0.3 is 5.32 Å². The molecule has 0 aliphatic heterocycles. The van der Waals surface area contributed by atoms with Crippen molar-refractivity contribution in [2.45, 2.75) is 24.0 Å². The molecule has 26 heavy (non-hydrogen) atoms. The summed E-state index contributed by atoms with van der Waals surface area (Å²) in [5.74, 6) is 0.736. The van der Waals surface area contributed by atoms with Crippen LogP contribution >= 0.6 is 46.3 Å². The van der Waals surface area contributed by atoms with E-state index in [1.54, 1.807) is 23.1 Å². The fourth-order valence-electron chi connectivity index (χ4n) is 2.32. The van der Waals surface area contributed by atoms with E-state index in [-0.39, 0.29) is 5.91 Å². The molecule has 0 unspecified atom stereocenters. The van der Waals surface area contributed by atoms with Crippen LogP contribution in [0.5, 0.6) is 0 Å². The molecule has 3 rings (SSSR count). The maximum absolute atomic E-state index is 11.0. The molecule has 0 aliphatic rings. The summed E-state index contributed by atoms with van der Waals surface area (Å²) in [5.41, 5.74) is 2.96. The van der Waals surface area contributed by atoms with Crippen LogP contribution in [0.2, 0.25) is 10.0 Å². The van der Waals surface area contributed by atoms with Gasteiger partial charge in [-0.25, -0.2) is 4.98 Å². The normalized spacial score (nSPS) is 10.7. The minimum atomic E-state index is -0.0672. The van der Waals surface area contributed by atoms with E-state index in [1.807, 2.05) is 42.5 Å². The van der Waals surface area contributed by atoms with Crippen molar-refractivity contribution in [3.05, 3.63) is 74.2 Å². The largest absolute Gasteiger partial charge is 0.326 e. The van der Waals surface area contributed by atoms with Crippen LogP contribution in [-0.2, 0) is 17.0 Å². The monoisotopic (exact) mass is 422 g/mol. The van der Waals surface area contributed by atoms with Gasteiger partial charge in [-0.15, -0.1) is 23.1 Å². The standard InChI is InChI=1S/C19H16Cl2N2OS2/c1-12(24)22-14-3-5-16(6-4-14)25-10-15-11-26-19(23-15)9-13-2-7-17(20)18(21)8-13/h2-8,11H,9-10H2,1H3,(H,22,24). The molecule has 0 saturated heterocycles. The highest BCUT2D eigenvalue weighted by atomic mass is 35.5. The minimum Gasteiger partial charge on any atom is -0.326 e. The summed E-state index contributed by atoms with van der Waals surface area (Å²) in [4.78, 5) is 16.9. The van der Waals surface area contributed by atoms with E-state index in [4.69, 9.17) is 28.2 Å². The van der Waals surface area contributed by atoms with Crippen molar-refractivity contribution >= 4 is 57.9 Å². The first-order valence-electron chi connectivity index (χ1n) is 7.87. The van der Waals surface area contributed by atoms with Crippen LogP contribution in [0, 0.1) is 0 Å². The second kappa shape index (κ2) is 8.91. The molecule has 0 saturated carbocycles. The molecule has 2 aromatic carbocycles.